The Labute approximate surface area is 137 Å². The maximum Gasteiger partial charge on any atom is 0.255 e. The van der Waals surface area contributed by atoms with E-state index in [4.69, 9.17) is 27.7 Å². The topological polar surface area (TPSA) is 59.2 Å². The van der Waals surface area contributed by atoms with Gasteiger partial charge in [0.2, 0.25) is 5.89 Å². The van der Waals surface area contributed by atoms with Crippen LogP contribution in [0.15, 0.2) is 22.7 Å². The average molecular weight is 338 g/mol. The molecule has 2 heterocycles. The number of carbonyl (C=O) groups is 1. The molecule has 5 nitrogen and oxygen atoms in total. The quantitative estimate of drug-likeness (QED) is 0.860. The third-order valence-corrected chi connectivity index (χ3v) is 4.64. The van der Waals surface area contributed by atoms with Crippen LogP contribution in [0.5, 0.6) is 0 Å². The highest BCUT2D eigenvalue weighted by Gasteiger charge is 2.38. The van der Waals surface area contributed by atoms with Crippen molar-refractivity contribution in [1.82, 2.24) is 15.0 Å². The Hall–Kier alpha value is -1.59. The lowest BCUT2D eigenvalue weighted by molar-refractivity contribution is 0.0569. The molecule has 0 spiro atoms. The van der Waals surface area contributed by atoms with Crippen molar-refractivity contribution >= 4 is 29.1 Å². The first-order valence-electron chi connectivity index (χ1n) is 7.19. The molecular weight excluding hydrogens is 325 g/mol. The zero-order valence-electron chi connectivity index (χ0n) is 11.6. The van der Waals surface area contributed by atoms with Gasteiger partial charge in [0.1, 0.15) is 0 Å². The molecule has 2 fully saturated rings. The third-order valence-electron chi connectivity index (χ3n) is 4.08. The zero-order valence-corrected chi connectivity index (χ0v) is 13.1. The Bertz CT molecular complexity index is 736. The van der Waals surface area contributed by atoms with Gasteiger partial charge in [-0.15, -0.1) is 0 Å². The van der Waals surface area contributed by atoms with Gasteiger partial charge in [-0.2, -0.15) is 4.98 Å². The van der Waals surface area contributed by atoms with Crippen molar-refractivity contribution in [1.29, 1.82) is 0 Å². The predicted octanol–water partition coefficient (Wildman–Crippen LogP) is 3.49. The lowest BCUT2D eigenvalue weighted by Crippen LogP contribution is -2.48. The fourth-order valence-corrected chi connectivity index (χ4v) is 2.92. The molecule has 1 aliphatic heterocycles. The van der Waals surface area contributed by atoms with Crippen LogP contribution in [0.1, 0.15) is 46.8 Å². The number of halogens is 2. The van der Waals surface area contributed by atoms with Gasteiger partial charge in [0, 0.05) is 24.0 Å². The Balaban J connectivity index is 1.43. The van der Waals surface area contributed by atoms with Gasteiger partial charge in [0.05, 0.1) is 16.5 Å². The van der Waals surface area contributed by atoms with Gasteiger partial charge < -0.3 is 9.42 Å². The zero-order chi connectivity index (χ0) is 15.3. The predicted molar refractivity (Wildman–Crippen MR) is 81.4 cm³/mol. The largest absolute Gasteiger partial charge is 0.339 e. The summed E-state index contributed by atoms with van der Waals surface area (Å²) in [4.78, 5) is 18.6. The SMILES string of the molecule is O=C(c1cc(Cl)ccc1Cl)N1CC(c2nc(C3CC3)no2)C1. The van der Waals surface area contributed by atoms with E-state index in [-0.39, 0.29) is 11.8 Å². The van der Waals surface area contributed by atoms with Gasteiger partial charge in [-0.3, -0.25) is 4.79 Å². The Morgan fingerprint density at radius 3 is 2.73 bits per heavy atom. The van der Waals surface area contributed by atoms with Crippen LogP contribution in [0.25, 0.3) is 0 Å². The summed E-state index contributed by atoms with van der Waals surface area (Å²) in [5, 5.41) is 4.91. The van der Waals surface area contributed by atoms with Crippen molar-refractivity contribution in [2.75, 3.05) is 13.1 Å². The van der Waals surface area contributed by atoms with Crippen LogP contribution in [0.3, 0.4) is 0 Å². The van der Waals surface area contributed by atoms with Gasteiger partial charge in [0.15, 0.2) is 5.82 Å². The van der Waals surface area contributed by atoms with Crippen LogP contribution in [0.2, 0.25) is 10.0 Å². The number of carbonyl (C=O) groups excluding carboxylic acids is 1. The number of hydrogen-bond donors (Lipinski definition) is 0. The van der Waals surface area contributed by atoms with Gasteiger partial charge in [0.25, 0.3) is 5.91 Å². The first kappa shape index (κ1) is 14.0. The molecule has 0 atom stereocenters. The fourth-order valence-electron chi connectivity index (χ4n) is 2.55. The Morgan fingerprint density at radius 1 is 1.23 bits per heavy atom. The second-order valence-corrected chi connectivity index (χ2v) is 6.64. The lowest BCUT2D eigenvalue weighted by atomic mass is 9.98. The number of nitrogens with zero attached hydrogens (tertiary/aromatic N) is 3. The maximum absolute atomic E-state index is 12.4. The van der Waals surface area contributed by atoms with Gasteiger partial charge in [-0.1, -0.05) is 28.4 Å². The first-order valence-corrected chi connectivity index (χ1v) is 7.95. The molecule has 1 aliphatic carbocycles. The Kier molecular flexibility index (Phi) is 3.35. The number of benzene rings is 1. The summed E-state index contributed by atoms with van der Waals surface area (Å²) in [6, 6.07) is 4.89. The van der Waals surface area contributed by atoms with Crippen molar-refractivity contribution in [3.63, 3.8) is 0 Å². The molecule has 22 heavy (non-hydrogen) atoms. The van der Waals surface area contributed by atoms with E-state index < -0.39 is 0 Å². The highest BCUT2D eigenvalue weighted by molar-refractivity contribution is 6.35. The number of amides is 1. The monoisotopic (exact) mass is 337 g/mol. The number of hydrogen-bond acceptors (Lipinski definition) is 4. The van der Waals surface area contributed by atoms with E-state index in [0.717, 1.165) is 18.7 Å². The van der Waals surface area contributed by atoms with Gasteiger partial charge in [-0.05, 0) is 31.0 Å². The molecule has 1 aromatic carbocycles. The molecule has 7 heteroatoms. The first-order chi connectivity index (χ1) is 10.6. The van der Waals surface area contributed by atoms with Gasteiger partial charge >= 0.3 is 0 Å². The molecule has 1 amide bonds. The van der Waals surface area contributed by atoms with Crippen LogP contribution < -0.4 is 0 Å². The summed E-state index contributed by atoms with van der Waals surface area (Å²) >= 11 is 12.0. The van der Waals surface area contributed by atoms with Crippen LogP contribution in [-0.2, 0) is 0 Å². The fraction of sp³-hybridized carbons (Fsp3) is 0.400. The number of rotatable bonds is 3. The molecule has 4 rings (SSSR count). The lowest BCUT2D eigenvalue weighted by Gasteiger charge is -2.37. The number of likely N-dealkylation sites (tertiary alicyclic amines) is 1. The maximum atomic E-state index is 12.4. The molecule has 1 aromatic heterocycles. The smallest absolute Gasteiger partial charge is 0.255 e. The normalized spacial score (nSPS) is 18.4. The van der Waals surface area contributed by atoms with Crippen LogP contribution in [0.4, 0.5) is 0 Å². The Morgan fingerprint density at radius 2 is 2.00 bits per heavy atom. The van der Waals surface area contributed by atoms with E-state index in [1.165, 1.54) is 0 Å². The molecular formula is C15H13Cl2N3O2. The molecule has 2 aromatic rings. The molecule has 0 radical (unpaired) electrons. The van der Waals surface area contributed by atoms with Crippen molar-refractivity contribution < 1.29 is 9.32 Å². The van der Waals surface area contributed by atoms with E-state index >= 15 is 0 Å². The molecule has 0 bridgehead atoms. The van der Waals surface area contributed by atoms with Crippen molar-refractivity contribution in [3.8, 4) is 0 Å². The summed E-state index contributed by atoms with van der Waals surface area (Å²) in [5.41, 5.74) is 0.428. The molecule has 1 saturated carbocycles. The van der Waals surface area contributed by atoms with E-state index in [1.54, 1.807) is 23.1 Å². The van der Waals surface area contributed by atoms with Crippen LogP contribution in [-0.4, -0.2) is 34.0 Å². The average Bonchev–Trinajstić information content (AvgIpc) is 3.19. The summed E-state index contributed by atoms with van der Waals surface area (Å²) in [6.45, 7) is 1.13. The summed E-state index contributed by atoms with van der Waals surface area (Å²) in [5.74, 6) is 1.90. The van der Waals surface area contributed by atoms with Crippen molar-refractivity contribution in [2.45, 2.75) is 24.7 Å². The standard InChI is InChI=1S/C15H13Cl2N3O2/c16-10-3-4-12(17)11(5-10)15(21)20-6-9(7-20)14-18-13(19-22-14)8-1-2-8/h3-5,8-9H,1-2,6-7H2. The van der Waals surface area contributed by atoms with Gasteiger partial charge in [-0.25, -0.2) is 0 Å². The highest BCUT2D eigenvalue weighted by atomic mass is 35.5. The minimum atomic E-state index is -0.120. The summed E-state index contributed by atoms with van der Waals surface area (Å²) in [6.07, 6.45) is 2.28. The molecule has 1 saturated heterocycles. The second kappa shape index (κ2) is 5.25. The van der Waals surface area contributed by atoms with E-state index in [0.29, 0.717) is 40.5 Å². The molecule has 114 valence electrons. The van der Waals surface area contributed by atoms with Crippen LogP contribution in [0, 0.1) is 0 Å². The van der Waals surface area contributed by atoms with E-state index in [2.05, 4.69) is 10.1 Å². The van der Waals surface area contributed by atoms with Crippen LogP contribution >= 0.6 is 23.2 Å². The molecule has 2 aliphatic rings. The second-order valence-electron chi connectivity index (χ2n) is 5.80. The van der Waals surface area contributed by atoms with E-state index in [9.17, 15) is 4.79 Å². The molecule has 0 N–H and O–H groups in total. The minimum Gasteiger partial charge on any atom is -0.339 e. The molecule has 0 unspecified atom stereocenters. The summed E-state index contributed by atoms with van der Waals surface area (Å²) in [7, 11) is 0. The van der Waals surface area contributed by atoms with Crippen molar-refractivity contribution in [3.05, 3.63) is 45.5 Å². The number of aromatic nitrogens is 2. The summed E-state index contributed by atoms with van der Waals surface area (Å²) < 4.78 is 5.30. The van der Waals surface area contributed by atoms with Crippen molar-refractivity contribution in [2.24, 2.45) is 0 Å². The minimum absolute atomic E-state index is 0.113. The highest BCUT2D eigenvalue weighted by Crippen LogP contribution is 2.39. The third kappa shape index (κ3) is 2.48. The van der Waals surface area contributed by atoms with E-state index in [1.807, 2.05) is 0 Å².